The number of fused-ring (bicyclic) bond motifs is 1. The number of thiazole rings is 1. The minimum atomic E-state index is -0.302. The molecular formula is C17H15N3O3S. The Morgan fingerprint density at radius 3 is 3.08 bits per heavy atom. The SMILES string of the molecule is CCc1ocnc1C(=O)Nc1nc(-c2ccc3c(c2)COC3)cs1. The van der Waals surface area contributed by atoms with Crippen molar-refractivity contribution in [3.05, 3.63) is 52.6 Å². The number of aryl methyl sites for hydroxylation is 1. The summed E-state index contributed by atoms with van der Waals surface area (Å²) in [5.74, 6) is 0.270. The molecule has 3 aromatic rings. The summed E-state index contributed by atoms with van der Waals surface area (Å²) in [6, 6.07) is 6.19. The highest BCUT2D eigenvalue weighted by Gasteiger charge is 2.18. The predicted octanol–water partition coefficient (Wildman–Crippen LogP) is 3.64. The molecule has 1 amide bonds. The van der Waals surface area contributed by atoms with E-state index in [1.807, 2.05) is 18.4 Å². The zero-order chi connectivity index (χ0) is 16.5. The van der Waals surface area contributed by atoms with Gasteiger partial charge in [-0.25, -0.2) is 9.97 Å². The van der Waals surface area contributed by atoms with E-state index in [1.165, 1.54) is 28.9 Å². The Kier molecular flexibility index (Phi) is 3.87. The van der Waals surface area contributed by atoms with E-state index in [1.54, 1.807) is 0 Å². The Morgan fingerprint density at radius 2 is 2.21 bits per heavy atom. The molecule has 0 bridgehead atoms. The molecule has 7 heteroatoms. The number of nitrogens with zero attached hydrogens (tertiary/aromatic N) is 2. The lowest BCUT2D eigenvalue weighted by Crippen LogP contribution is -2.13. The number of anilines is 1. The maximum atomic E-state index is 12.3. The largest absolute Gasteiger partial charge is 0.448 e. The van der Waals surface area contributed by atoms with E-state index in [0.717, 1.165) is 11.3 Å². The van der Waals surface area contributed by atoms with E-state index in [2.05, 4.69) is 27.4 Å². The Morgan fingerprint density at radius 1 is 1.33 bits per heavy atom. The van der Waals surface area contributed by atoms with Crippen molar-refractivity contribution in [2.75, 3.05) is 5.32 Å². The van der Waals surface area contributed by atoms with Crippen molar-refractivity contribution in [1.82, 2.24) is 9.97 Å². The van der Waals surface area contributed by atoms with Gasteiger partial charge < -0.3 is 9.15 Å². The molecule has 1 aliphatic rings. The molecule has 1 aliphatic heterocycles. The molecule has 1 aromatic carbocycles. The summed E-state index contributed by atoms with van der Waals surface area (Å²) >= 11 is 1.38. The highest BCUT2D eigenvalue weighted by Crippen LogP contribution is 2.29. The first-order chi connectivity index (χ1) is 11.7. The van der Waals surface area contributed by atoms with Crippen molar-refractivity contribution in [2.24, 2.45) is 0 Å². The first-order valence-electron chi connectivity index (χ1n) is 7.63. The van der Waals surface area contributed by atoms with E-state index >= 15 is 0 Å². The fraction of sp³-hybridized carbons (Fsp3) is 0.235. The third kappa shape index (κ3) is 2.72. The van der Waals surface area contributed by atoms with Crippen LogP contribution in [-0.2, 0) is 24.4 Å². The molecule has 0 atom stereocenters. The van der Waals surface area contributed by atoms with Crippen LogP contribution in [0.3, 0.4) is 0 Å². The van der Waals surface area contributed by atoms with E-state index in [9.17, 15) is 4.79 Å². The Bertz CT molecular complexity index is 900. The van der Waals surface area contributed by atoms with Crippen molar-refractivity contribution >= 4 is 22.4 Å². The second-order valence-corrected chi connectivity index (χ2v) is 6.30. The number of oxazole rings is 1. The molecule has 2 aromatic heterocycles. The number of amides is 1. The van der Waals surface area contributed by atoms with Crippen LogP contribution in [0.2, 0.25) is 0 Å². The lowest BCUT2D eigenvalue weighted by Gasteiger charge is -2.01. The molecule has 0 radical (unpaired) electrons. The van der Waals surface area contributed by atoms with Gasteiger partial charge in [0.2, 0.25) is 0 Å². The first kappa shape index (κ1) is 15.0. The van der Waals surface area contributed by atoms with Crippen molar-refractivity contribution in [3.63, 3.8) is 0 Å². The minimum absolute atomic E-state index is 0.302. The van der Waals surface area contributed by atoms with Crippen molar-refractivity contribution in [1.29, 1.82) is 0 Å². The van der Waals surface area contributed by atoms with Crippen molar-refractivity contribution in [2.45, 2.75) is 26.6 Å². The molecule has 0 unspecified atom stereocenters. The van der Waals surface area contributed by atoms with Gasteiger partial charge in [-0.05, 0) is 17.2 Å². The smallest absolute Gasteiger partial charge is 0.279 e. The number of aromatic nitrogens is 2. The average molecular weight is 341 g/mol. The molecule has 1 N–H and O–H groups in total. The highest BCUT2D eigenvalue weighted by molar-refractivity contribution is 7.14. The Hall–Kier alpha value is -2.51. The summed E-state index contributed by atoms with van der Waals surface area (Å²) in [4.78, 5) is 20.7. The number of hydrogen-bond donors (Lipinski definition) is 1. The molecule has 0 aliphatic carbocycles. The van der Waals surface area contributed by atoms with E-state index in [-0.39, 0.29) is 5.91 Å². The van der Waals surface area contributed by atoms with Crippen LogP contribution in [0.5, 0.6) is 0 Å². The number of benzene rings is 1. The standard InChI is InChI=1S/C17H15N3O3S/c1-2-14-15(18-9-23-14)16(21)20-17-19-13(8-24-17)10-3-4-11-6-22-7-12(11)5-10/h3-5,8-9H,2,6-7H2,1H3,(H,19,20,21). The van der Waals surface area contributed by atoms with Crippen molar-refractivity contribution < 1.29 is 13.9 Å². The number of nitrogens with one attached hydrogen (secondary N) is 1. The van der Waals surface area contributed by atoms with Gasteiger partial charge in [-0.15, -0.1) is 11.3 Å². The number of ether oxygens (including phenoxy) is 1. The fourth-order valence-corrected chi connectivity index (χ4v) is 3.37. The summed E-state index contributed by atoms with van der Waals surface area (Å²) in [5, 5.41) is 5.25. The molecular weight excluding hydrogens is 326 g/mol. The molecule has 0 saturated carbocycles. The molecule has 24 heavy (non-hydrogen) atoms. The molecule has 0 spiro atoms. The van der Waals surface area contributed by atoms with Crippen LogP contribution >= 0.6 is 11.3 Å². The number of hydrogen-bond acceptors (Lipinski definition) is 6. The summed E-state index contributed by atoms with van der Waals surface area (Å²) in [6.45, 7) is 3.23. The van der Waals surface area contributed by atoms with Gasteiger partial charge in [-0.2, -0.15) is 0 Å². The van der Waals surface area contributed by atoms with Crippen LogP contribution in [0, 0.1) is 0 Å². The molecule has 3 heterocycles. The normalized spacial score (nSPS) is 13.0. The zero-order valence-electron chi connectivity index (χ0n) is 13.0. The summed E-state index contributed by atoms with van der Waals surface area (Å²) in [7, 11) is 0. The lowest BCUT2D eigenvalue weighted by molar-refractivity contribution is 0.102. The third-order valence-corrected chi connectivity index (χ3v) is 4.68. The van der Waals surface area contributed by atoms with Gasteiger partial charge in [-0.3, -0.25) is 10.1 Å². The van der Waals surface area contributed by atoms with Crippen LogP contribution < -0.4 is 5.32 Å². The molecule has 0 fully saturated rings. The molecule has 4 rings (SSSR count). The van der Waals surface area contributed by atoms with Gasteiger partial charge in [0.1, 0.15) is 5.76 Å². The maximum Gasteiger partial charge on any atom is 0.279 e. The van der Waals surface area contributed by atoms with Crippen LogP contribution in [-0.4, -0.2) is 15.9 Å². The predicted molar refractivity (Wildman–Crippen MR) is 89.9 cm³/mol. The second kappa shape index (κ2) is 6.18. The van der Waals surface area contributed by atoms with Gasteiger partial charge >= 0.3 is 0 Å². The summed E-state index contributed by atoms with van der Waals surface area (Å²) in [6.07, 6.45) is 1.90. The highest BCUT2D eigenvalue weighted by atomic mass is 32.1. The lowest BCUT2D eigenvalue weighted by atomic mass is 10.1. The second-order valence-electron chi connectivity index (χ2n) is 5.45. The molecule has 0 saturated heterocycles. The zero-order valence-corrected chi connectivity index (χ0v) is 13.9. The van der Waals surface area contributed by atoms with Gasteiger partial charge in [0.25, 0.3) is 5.91 Å². The van der Waals surface area contributed by atoms with Crippen LogP contribution in [0.1, 0.15) is 34.3 Å². The molecule has 6 nitrogen and oxygen atoms in total. The minimum Gasteiger partial charge on any atom is -0.448 e. The molecule has 122 valence electrons. The number of carbonyl (C=O) groups excluding carboxylic acids is 1. The van der Waals surface area contributed by atoms with Gasteiger partial charge in [-0.1, -0.05) is 19.1 Å². The van der Waals surface area contributed by atoms with Crippen LogP contribution in [0.25, 0.3) is 11.3 Å². The van der Waals surface area contributed by atoms with Gasteiger partial charge in [0.05, 0.1) is 18.9 Å². The quantitative estimate of drug-likeness (QED) is 0.784. The van der Waals surface area contributed by atoms with E-state index in [0.29, 0.717) is 36.2 Å². The topological polar surface area (TPSA) is 77.3 Å². The van der Waals surface area contributed by atoms with Crippen LogP contribution in [0.4, 0.5) is 5.13 Å². The average Bonchev–Trinajstić information content (AvgIpc) is 3.33. The van der Waals surface area contributed by atoms with E-state index in [4.69, 9.17) is 9.15 Å². The number of carbonyl (C=O) groups is 1. The van der Waals surface area contributed by atoms with Gasteiger partial charge in [0, 0.05) is 17.4 Å². The maximum absolute atomic E-state index is 12.3. The van der Waals surface area contributed by atoms with Crippen molar-refractivity contribution in [3.8, 4) is 11.3 Å². The Labute approximate surface area is 142 Å². The summed E-state index contributed by atoms with van der Waals surface area (Å²) < 4.78 is 10.6. The third-order valence-electron chi connectivity index (χ3n) is 3.92. The first-order valence-corrected chi connectivity index (χ1v) is 8.51. The van der Waals surface area contributed by atoms with Gasteiger partial charge in [0.15, 0.2) is 17.2 Å². The van der Waals surface area contributed by atoms with E-state index < -0.39 is 0 Å². The summed E-state index contributed by atoms with van der Waals surface area (Å²) in [5.41, 5.74) is 4.58. The monoisotopic (exact) mass is 341 g/mol. The Balaban J connectivity index is 1.54. The fourth-order valence-electron chi connectivity index (χ4n) is 2.66. The number of rotatable bonds is 4. The van der Waals surface area contributed by atoms with Crippen LogP contribution in [0.15, 0.2) is 34.4 Å².